The summed E-state index contributed by atoms with van der Waals surface area (Å²) < 4.78 is 5.43. The minimum absolute atomic E-state index is 0.0195. The molecule has 3 nitrogen and oxygen atoms in total. The molecular formula is C10H12N2O. The highest BCUT2D eigenvalue weighted by atomic mass is 16.5. The molecule has 1 atom stereocenters. The van der Waals surface area contributed by atoms with Crippen LogP contribution in [0, 0.1) is 11.3 Å². The summed E-state index contributed by atoms with van der Waals surface area (Å²) in [5, 5.41) is 8.62. The normalized spacial score (nSPS) is 11.8. The van der Waals surface area contributed by atoms with E-state index < -0.39 is 0 Å². The van der Waals surface area contributed by atoms with Gasteiger partial charge in [0.2, 0.25) is 0 Å². The number of nitriles is 1. The van der Waals surface area contributed by atoms with Gasteiger partial charge >= 0.3 is 0 Å². The number of nitrogens with zero attached hydrogens (tertiary/aromatic N) is 1. The topological polar surface area (TPSA) is 59.0 Å². The highest BCUT2D eigenvalue weighted by Gasteiger charge is 2.01. The second-order valence-corrected chi connectivity index (χ2v) is 2.80. The lowest BCUT2D eigenvalue weighted by Crippen LogP contribution is -2.22. The molecule has 0 fully saturated rings. The molecule has 0 heterocycles. The molecule has 1 unspecified atom stereocenters. The lowest BCUT2D eigenvalue weighted by molar-refractivity contribution is 0.230. The van der Waals surface area contributed by atoms with Gasteiger partial charge in [-0.15, -0.1) is 0 Å². The molecule has 0 saturated heterocycles. The number of benzene rings is 1. The van der Waals surface area contributed by atoms with Gasteiger partial charge < -0.3 is 10.5 Å². The number of hydrogen-bond acceptors (Lipinski definition) is 3. The summed E-state index contributed by atoms with van der Waals surface area (Å²) >= 11 is 0. The summed E-state index contributed by atoms with van der Waals surface area (Å²) in [6.07, 6.45) is -0.0195. The van der Waals surface area contributed by atoms with Crippen molar-refractivity contribution in [1.82, 2.24) is 0 Å². The lowest BCUT2D eigenvalue weighted by Gasteiger charge is -2.11. The van der Waals surface area contributed by atoms with Crippen LogP contribution in [0.2, 0.25) is 0 Å². The monoisotopic (exact) mass is 176 g/mol. The van der Waals surface area contributed by atoms with Gasteiger partial charge in [-0.05, 0) is 25.1 Å². The largest absolute Gasteiger partial charge is 0.489 e. The van der Waals surface area contributed by atoms with E-state index in [0.29, 0.717) is 17.9 Å². The van der Waals surface area contributed by atoms with E-state index in [2.05, 4.69) is 0 Å². The molecule has 0 aliphatic carbocycles. The molecule has 3 heteroatoms. The summed E-state index contributed by atoms with van der Waals surface area (Å²) in [4.78, 5) is 0. The zero-order valence-electron chi connectivity index (χ0n) is 7.53. The SMILES string of the molecule is CC(CN)Oc1cccc(C#N)c1. The summed E-state index contributed by atoms with van der Waals surface area (Å²) in [6, 6.07) is 9.09. The van der Waals surface area contributed by atoms with E-state index in [1.54, 1.807) is 18.2 Å². The van der Waals surface area contributed by atoms with Gasteiger partial charge in [0.15, 0.2) is 0 Å². The molecule has 1 aromatic rings. The van der Waals surface area contributed by atoms with Gasteiger partial charge in [0.25, 0.3) is 0 Å². The summed E-state index contributed by atoms with van der Waals surface area (Å²) in [5.41, 5.74) is 6.00. The van der Waals surface area contributed by atoms with Crippen LogP contribution in [0.3, 0.4) is 0 Å². The van der Waals surface area contributed by atoms with Gasteiger partial charge in [-0.3, -0.25) is 0 Å². The Morgan fingerprint density at radius 3 is 3.00 bits per heavy atom. The standard InChI is InChI=1S/C10H12N2O/c1-8(6-11)13-10-4-2-3-9(5-10)7-12/h2-5,8H,6,11H2,1H3. The van der Waals surface area contributed by atoms with Crippen LogP contribution in [0.1, 0.15) is 12.5 Å². The number of nitrogens with two attached hydrogens (primary N) is 1. The number of rotatable bonds is 3. The highest BCUT2D eigenvalue weighted by Crippen LogP contribution is 2.13. The van der Waals surface area contributed by atoms with Gasteiger partial charge in [0, 0.05) is 6.54 Å². The van der Waals surface area contributed by atoms with E-state index in [4.69, 9.17) is 15.7 Å². The Bertz CT molecular complexity index is 317. The predicted octanol–water partition coefficient (Wildman–Crippen LogP) is 1.28. The molecule has 1 aromatic carbocycles. The van der Waals surface area contributed by atoms with Crippen molar-refractivity contribution in [1.29, 1.82) is 5.26 Å². The van der Waals surface area contributed by atoms with Crippen molar-refractivity contribution < 1.29 is 4.74 Å². The van der Waals surface area contributed by atoms with Crippen molar-refractivity contribution in [3.05, 3.63) is 29.8 Å². The minimum Gasteiger partial charge on any atom is -0.489 e. The van der Waals surface area contributed by atoms with Crippen LogP contribution >= 0.6 is 0 Å². The van der Waals surface area contributed by atoms with Crippen LogP contribution in [0.25, 0.3) is 0 Å². The quantitative estimate of drug-likeness (QED) is 0.754. The first-order valence-electron chi connectivity index (χ1n) is 4.13. The Hall–Kier alpha value is -1.53. The van der Waals surface area contributed by atoms with E-state index in [9.17, 15) is 0 Å². The third-order valence-electron chi connectivity index (χ3n) is 1.63. The molecule has 0 aliphatic heterocycles. The van der Waals surface area contributed by atoms with Gasteiger partial charge in [-0.25, -0.2) is 0 Å². The second-order valence-electron chi connectivity index (χ2n) is 2.80. The number of ether oxygens (including phenoxy) is 1. The van der Waals surface area contributed by atoms with Crippen LogP contribution in [-0.2, 0) is 0 Å². The van der Waals surface area contributed by atoms with Gasteiger partial charge in [0.05, 0.1) is 11.6 Å². The molecule has 0 spiro atoms. The Morgan fingerprint density at radius 1 is 1.62 bits per heavy atom. The fourth-order valence-electron chi connectivity index (χ4n) is 0.919. The molecule has 0 amide bonds. The van der Waals surface area contributed by atoms with Crippen molar-refractivity contribution >= 4 is 0 Å². The maximum absolute atomic E-state index is 8.62. The highest BCUT2D eigenvalue weighted by molar-refractivity contribution is 5.36. The van der Waals surface area contributed by atoms with E-state index in [1.807, 2.05) is 19.1 Å². The van der Waals surface area contributed by atoms with Crippen molar-refractivity contribution in [2.24, 2.45) is 5.73 Å². The van der Waals surface area contributed by atoms with Gasteiger partial charge in [0.1, 0.15) is 11.9 Å². The van der Waals surface area contributed by atoms with Gasteiger partial charge in [-0.1, -0.05) is 6.07 Å². The van der Waals surface area contributed by atoms with E-state index in [-0.39, 0.29) is 6.10 Å². The predicted molar refractivity (Wildman–Crippen MR) is 50.3 cm³/mol. The van der Waals surface area contributed by atoms with E-state index in [1.165, 1.54) is 0 Å². The summed E-state index contributed by atoms with van der Waals surface area (Å²) in [6.45, 7) is 2.36. The zero-order valence-corrected chi connectivity index (χ0v) is 7.53. The molecule has 0 aromatic heterocycles. The summed E-state index contributed by atoms with van der Waals surface area (Å²) in [5.74, 6) is 0.692. The van der Waals surface area contributed by atoms with Crippen LogP contribution < -0.4 is 10.5 Å². The molecule has 0 bridgehead atoms. The van der Waals surface area contributed by atoms with Crippen molar-refractivity contribution in [2.75, 3.05) is 6.54 Å². The first-order valence-corrected chi connectivity index (χ1v) is 4.13. The van der Waals surface area contributed by atoms with Gasteiger partial charge in [-0.2, -0.15) is 5.26 Å². The third kappa shape index (κ3) is 2.77. The van der Waals surface area contributed by atoms with Crippen molar-refractivity contribution in [2.45, 2.75) is 13.0 Å². The smallest absolute Gasteiger partial charge is 0.121 e. The maximum atomic E-state index is 8.62. The molecule has 1 rings (SSSR count). The Morgan fingerprint density at radius 2 is 2.38 bits per heavy atom. The Kier molecular flexibility index (Phi) is 3.30. The molecule has 0 radical (unpaired) electrons. The Labute approximate surface area is 77.7 Å². The average Bonchev–Trinajstić information content (AvgIpc) is 2.18. The third-order valence-corrected chi connectivity index (χ3v) is 1.63. The average molecular weight is 176 g/mol. The zero-order chi connectivity index (χ0) is 9.68. The van der Waals surface area contributed by atoms with Crippen LogP contribution in [0.4, 0.5) is 0 Å². The van der Waals surface area contributed by atoms with Crippen molar-refractivity contribution in [3.8, 4) is 11.8 Å². The summed E-state index contributed by atoms with van der Waals surface area (Å²) in [7, 11) is 0. The van der Waals surface area contributed by atoms with Crippen LogP contribution in [0.15, 0.2) is 24.3 Å². The Balaban J connectivity index is 2.73. The molecule has 2 N–H and O–H groups in total. The fourth-order valence-corrected chi connectivity index (χ4v) is 0.919. The molecule has 13 heavy (non-hydrogen) atoms. The second kappa shape index (κ2) is 4.48. The minimum atomic E-state index is -0.0195. The number of hydrogen-bond donors (Lipinski definition) is 1. The molecule has 0 saturated carbocycles. The van der Waals surface area contributed by atoms with Crippen LogP contribution in [-0.4, -0.2) is 12.6 Å². The molecule has 68 valence electrons. The molecular weight excluding hydrogens is 164 g/mol. The lowest BCUT2D eigenvalue weighted by atomic mass is 10.2. The molecule has 0 aliphatic rings. The van der Waals surface area contributed by atoms with Crippen LogP contribution in [0.5, 0.6) is 5.75 Å². The fraction of sp³-hybridized carbons (Fsp3) is 0.300. The first-order chi connectivity index (χ1) is 6.26. The maximum Gasteiger partial charge on any atom is 0.121 e. The van der Waals surface area contributed by atoms with E-state index >= 15 is 0 Å². The first kappa shape index (κ1) is 9.56. The van der Waals surface area contributed by atoms with E-state index in [0.717, 1.165) is 0 Å². The van der Waals surface area contributed by atoms with Crippen molar-refractivity contribution in [3.63, 3.8) is 0 Å².